The zero-order chi connectivity index (χ0) is 27.8. The molecule has 5 rings (SSSR count). The Morgan fingerprint density at radius 2 is 1.79 bits per heavy atom. The van der Waals surface area contributed by atoms with E-state index in [0.29, 0.717) is 26.7 Å². The van der Waals surface area contributed by atoms with Gasteiger partial charge >= 0.3 is 5.69 Å². The molecule has 3 heterocycles. The van der Waals surface area contributed by atoms with E-state index in [1.54, 1.807) is 31.5 Å². The van der Waals surface area contributed by atoms with Gasteiger partial charge in [-0.2, -0.15) is 0 Å². The maximum Gasteiger partial charge on any atom is 0.336 e. The van der Waals surface area contributed by atoms with Crippen LogP contribution in [0.2, 0.25) is 0 Å². The molecule has 0 bridgehead atoms. The minimum absolute atomic E-state index is 0.00129. The Labute approximate surface area is 236 Å². The molecule has 39 heavy (non-hydrogen) atoms. The number of fused-ring (bicyclic) bond motifs is 1. The van der Waals surface area contributed by atoms with E-state index in [1.807, 2.05) is 53.8 Å². The predicted molar refractivity (Wildman–Crippen MR) is 155 cm³/mol. The van der Waals surface area contributed by atoms with Crippen LogP contribution in [-0.4, -0.2) is 25.8 Å². The maximum atomic E-state index is 15.4. The summed E-state index contributed by atoms with van der Waals surface area (Å²) in [6.07, 6.45) is 2.00. The van der Waals surface area contributed by atoms with E-state index >= 15 is 4.39 Å². The van der Waals surface area contributed by atoms with Crippen molar-refractivity contribution in [3.63, 3.8) is 0 Å². The fraction of sp³-hybridized carbons (Fsp3) is 0.172. The third-order valence-corrected chi connectivity index (χ3v) is 7.45. The molecule has 0 aliphatic carbocycles. The first kappa shape index (κ1) is 26.5. The summed E-state index contributed by atoms with van der Waals surface area (Å²) >= 11 is 2.00. The quantitative estimate of drug-likeness (QED) is 0.284. The smallest absolute Gasteiger partial charge is 0.336 e. The maximum absolute atomic E-state index is 15.4. The second kappa shape index (κ2) is 10.6. The Hall–Kier alpha value is -4.06. The molecule has 0 saturated heterocycles. The number of halogens is 2. The lowest BCUT2D eigenvalue weighted by atomic mass is 10.0. The molecule has 0 unspecified atom stereocenters. The van der Waals surface area contributed by atoms with Crippen molar-refractivity contribution in [2.75, 3.05) is 7.11 Å². The molecule has 0 aliphatic rings. The van der Waals surface area contributed by atoms with Gasteiger partial charge in [-0.1, -0.05) is 18.2 Å². The molecule has 10 heteroatoms. The van der Waals surface area contributed by atoms with Crippen molar-refractivity contribution in [3.05, 3.63) is 125 Å². The number of hydrogen-bond donors (Lipinski definition) is 1. The number of benzene rings is 2. The lowest BCUT2D eigenvalue weighted by Crippen LogP contribution is -2.42. The molecule has 0 radical (unpaired) electrons. The average molecular weight is 637 g/mol. The van der Waals surface area contributed by atoms with Crippen molar-refractivity contribution < 1.29 is 9.13 Å². The van der Waals surface area contributed by atoms with Gasteiger partial charge in [0.25, 0.3) is 5.56 Å². The summed E-state index contributed by atoms with van der Waals surface area (Å²) in [6.45, 7) is 1.94. The summed E-state index contributed by atoms with van der Waals surface area (Å²) in [5.41, 5.74) is 2.07. The number of methoxy groups -OCH3 is 1. The first-order chi connectivity index (χ1) is 18.7. The molecule has 0 saturated carbocycles. The highest BCUT2D eigenvalue weighted by molar-refractivity contribution is 14.1. The van der Waals surface area contributed by atoms with Crippen molar-refractivity contribution in [2.45, 2.75) is 19.9 Å². The van der Waals surface area contributed by atoms with Gasteiger partial charge in [-0.15, -0.1) is 0 Å². The van der Waals surface area contributed by atoms with Gasteiger partial charge in [0.05, 0.1) is 24.7 Å². The van der Waals surface area contributed by atoms with Gasteiger partial charge in [0, 0.05) is 35.0 Å². The fourth-order valence-electron chi connectivity index (χ4n) is 4.68. The van der Waals surface area contributed by atoms with Crippen molar-refractivity contribution in [1.29, 1.82) is 5.41 Å². The van der Waals surface area contributed by atoms with Crippen LogP contribution in [0.5, 0.6) is 5.75 Å². The minimum atomic E-state index is -0.631. The summed E-state index contributed by atoms with van der Waals surface area (Å²) in [7, 11) is 3.09. The van der Waals surface area contributed by atoms with E-state index in [1.165, 1.54) is 38.9 Å². The molecule has 198 valence electrons. The van der Waals surface area contributed by atoms with Crippen molar-refractivity contribution >= 4 is 33.6 Å². The number of nitrogens with zero attached hydrogens (tertiary/aromatic N) is 4. The number of ether oxygens (including phenoxy) is 1. The minimum Gasteiger partial charge on any atom is -0.497 e. The van der Waals surface area contributed by atoms with Crippen LogP contribution in [0.4, 0.5) is 4.39 Å². The number of aryl methyl sites for hydroxylation is 2. The van der Waals surface area contributed by atoms with Crippen LogP contribution in [0, 0.1) is 21.7 Å². The molecule has 1 N–H and O–H groups in total. The normalized spacial score (nSPS) is 11.2. The van der Waals surface area contributed by atoms with Crippen LogP contribution < -0.4 is 21.5 Å². The highest BCUT2D eigenvalue weighted by Gasteiger charge is 2.21. The highest BCUT2D eigenvalue weighted by Crippen LogP contribution is 2.22. The van der Waals surface area contributed by atoms with E-state index in [9.17, 15) is 15.0 Å². The first-order valence-corrected chi connectivity index (χ1v) is 13.2. The molecular formula is C29H25FIN5O3. The second-order valence-corrected chi connectivity index (χ2v) is 10.4. The van der Waals surface area contributed by atoms with Gasteiger partial charge in [-0.05, 0) is 82.6 Å². The Balaban J connectivity index is 1.88. The lowest BCUT2D eigenvalue weighted by molar-refractivity contribution is 0.414. The van der Waals surface area contributed by atoms with Gasteiger partial charge in [0.1, 0.15) is 22.7 Å². The van der Waals surface area contributed by atoms with Gasteiger partial charge in [0.2, 0.25) is 0 Å². The monoisotopic (exact) mass is 637 g/mol. The molecule has 0 spiro atoms. The summed E-state index contributed by atoms with van der Waals surface area (Å²) < 4.78 is 25.1. The van der Waals surface area contributed by atoms with Crippen LogP contribution in [0.15, 0.2) is 76.4 Å². The second-order valence-electron chi connectivity index (χ2n) is 9.19. The van der Waals surface area contributed by atoms with Gasteiger partial charge < -0.3 is 4.74 Å². The molecule has 0 aliphatic heterocycles. The predicted octanol–water partition coefficient (Wildman–Crippen LogP) is 4.07. The number of rotatable bonds is 6. The van der Waals surface area contributed by atoms with Crippen LogP contribution in [0.3, 0.4) is 0 Å². The summed E-state index contributed by atoms with van der Waals surface area (Å²) in [6, 6.07) is 16.9. The van der Waals surface area contributed by atoms with Crippen molar-refractivity contribution in [2.24, 2.45) is 7.05 Å². The van der Waals surface area contributed by atoms with Crippen LogP contribution in [-0.2, 0) is 20.0 Å². The topological polar surface area (TPSA) is 94.9 Å². The Bertz CT molecular complexity index is 1910. The number of hydrogen-bond acceptors (Lipinski definition) is 5. The van der Waals surface area contributed by atoms with E-state index in [0.717, 1.165) is 16.8 Å². The zero-order valence-electron chi connectivity index (χ0n) is 21.5. The van der Waals surface area contributed by atoms with E-state index in [-0.39, 0.29) is 28.9 Å². The van der Waals surface area contributed by atoms with Crippen molar-refractivity contribution in [3.8, 4) is 11.4 Å². The van der Waals surface area contributed by atoms with Gasteiger partial charge in [-0.25, -0.2) is 13.8 Å². The highest BCUT2D eigenvalue weighted by atomic mass is 127. The summed E-state index contributed by atoms with van der Waals surface area (Å²) in [5.74, 6) is 0.0517. The van der Waals surface area contributed by atoms with Crippen LogP contribution >= 0.6 is 22.6 Å². The third-order valence-electron chi connectivity index (χ3n) is 6.78. The van der Waals surface area contributed by atoms with E-state index in [2.05, 4.69) is 4.98 Å². The van der Waals surface area contributed by atoms with Crippen LogP contribution in [0.1, 0.15) is 22.4 Å². The lowest BCUT2D eigenvalue weighted by Gasteiger charge is -2.20. The van der Waals surface area contributed by atoms with E-state index < -0.39 is 11.5 Å². The molecular weight excluding hydrogens is 612 g/mol. The Kier molecular flexibility index (Phi) is 7.21. The molecule has 0 atom stereocenters. The molecule has 0 fully saturated rings. The first-order valence-electron chi connectivity index (χ1n) is 12.1. The molecule has 5 aromatic rings. The molecule has 3 aromatic heterocycles. The Morgan fingerprint density at radius 3 is 2.46 bits per heavy atom. The fourth-order valence-corrected chi connectivity index (χ4v) is 5.14. The SMILES string of the molecule is COc1ccc(Cn2c(=N)c3c(Cc4cccnc4C)cc(=O)n(C)c3n(-c3ccc(I)cc3F)c2=O)cc1. The molecule has 8 nitrogen and oxygen atoms in total. The van der Waals surface area contributed by atoms with Gasteiger partial charge in [0.15, 0.2) is 0 Å². The number of aromatic nitrogens is 4. The van der Waals surface area contributed by atoms with E-state index in [4.69, 9.17) is 4.74 Å². The third kappa shape index (κ3) is 4.91. The standard InChI is InChI=1S/C29H25FIN5O3/c1-17-19(5-4-12-33-17)13-20-14-25(37)34(2)28-26(20)27(32)35(16-18-6-9-22(39-3)10-7-18)29(38)36(28)24-11-8-21(31)15-23(24)30/h4-12,14-15,32H,13,16H2,1-3H3. The summed E-state index contributed by atoms with van der Waals surface area (Å²) in [4.78, 5) is 31.6. The molecule has 2 aromatic carbocycles. The van der Waals surface area contributed by atoms with Crippen molar-refractivity contribution in [1.82, 2.24) is 18.7 Å². The largest absolute Gasteiger partial charge is 0.497 e. The van der Waals surface area contributed by atoms with Crippen LogP contribution in [0.25, 0.3) is 16.7 Å². The number of nitrogens with one attached hydrogen (secondary N) is 1. The average Bonchev–Trinajstić information content (AvgIpc) is 2.91. The number of pyridine rings is 2. The Morgan fingerprint density at radius 1 is 1.05 bits per heavy atom. The summed E-state index contributed by atoms with van der Waals surface area (Å²) in [5, 5.41) is 9.56. The zero-order valence-corrected chi connectivity index (χ0v) is 23.7. The molecule has 0 amide bonds. The van der Waals surface area contributed by atoms with Gasteiger partial charge in [-0.3, -0.25) is 24.3 Å².